The highest BCUT2D eigenvalue weighted by atomic mass is 35.5. The number of hydrogen-bond acceptors (Lipinski definition) is 3. The second-order valence-electron chi connectivity index (χ2n) is 10.7. The van der Waals surface area contributed by atoms with Gasteiger partial charge in [-0.3, -0.25) is 4.79 Å². The average Bonchev–Trinajstić information content (AvgIpc) is 2.90. The van der Waals surface area contributed by atoms with Crippen molar-refractivity contribution in [1.29, 1.82) is 0 Å². The van der Waals surface area contributed by atoms with E-state index in [1.807, 2.05) is 13.0 Å². The molecule has 2 aromatic rings. The molecule has 1 saturated carbocycles. The van der Waals surface area contributed by atoms with E-state index in [9.17, 15) is 22.4 Å². The summed E-state index contributed by atoms with van der Waals surface area (Å²) >= 11 is 12.0. The van der Waals surface area contributed by atoms with Gasteiger partial charge in [0, 0.05) is 11.1 Å². The summed E-state index contributed by atoms with van der Waals surface area (Å²) in [6, 6.07) is 10.2. The number of benzene rings is 2. The minimum atomic E-state index is -4.55. The third kappa shape index (κ3) is 5.31. The number of halogens is 6. The Morgan fingerprint density at radius 1 is 1.15 bits per heavy atom. The molecule has 4 nitrogen and oxygen atoms in total. The molecule has 1 fully saturated rings. The van der Waals surface area contributed by atoms with Crippen LogP contribution in [0.2, 0.25) is 10.0 Å². The van der Waals surface area contributed by atoms with Crippen molar-refractivity contribution < 1.29 is 22.4 Å². The maximum atomic E-state index is 14.3. The number of alkyl halides is 3. The predicted molar refractivity (Wildman–Crippen MR) is 150 cm³/mol. The van der Waals surface area contributed by atoms with Crippen molar-refractivity contribution in [3.63, 3.8) is 0 Å². The molecule has 3 aliphatic carbocycles. The van der Waals surface area contributed by atoms with E-state index in [0.717, 1.165) is 16.7 Å². The molecule has 2 aromatic carbocycles. The van der Waals surface area contributed by atoms with Gasteiger partial charge in [-0.2, -0.15) is 13.2 Å². The lowest BCUT2D eigenvalue weighted by Crippen LogP contribution is -2.49. The van der Waals surface area contributed by atoms with Crippen molar-refractivity contribution >= 4 is 46.2 Å². The normalized spacial score (nSPS) is 28.4. The summed E-state index contributed by atoms with van der Waals surface area (Å²) in [4.78, 5) is 18.2. The monoisotopic (exact) mass is 591 g/mol. The average molecular weight is 592 g/mol. The molecule has 1 amide bonds. The zero-order chi connectivity index (χ0) is 28.8. The summed E-state index contributed by atoms with van der Waals surface area (Å²) in [5.74, 6) is -4.81. The third-order valence-electron chi connectivity index (χ3n) is 8.30. The largest absolute Gasteiger partial charge is 0.404 e. The lowest BCUT2D eigenvalue weighted by atomic mass is 9.53. The minimum absolute atomic E-state index is 0.192. The molecule has 0 spiro atoms. The molecular formula is C30H27Cl2F4N3O. The van der Waals surface area contributed by atoms with Crippen LogP contribution in [0.1, 0.15) is 32.6 Å². The van der Waals surface area contributed by atoms with E-state index < -0.39 is 35.3 Å². The Kier molecular flexibility index (Phi) is 7.61. The molecule has 40 heavy (non-hydrogen) atoms. The van der Waals surface area contributed by atoms with E-state index >= 15 is 0 Å². The van der Waals surface area contributed by atoms with Crippen LogP contribution < -0.4 is 11.1 Å². The number of hydrogen-bond donors (Lipinski definition) is 2. The van der Waals surface area contributed by atoms with Crippen molar-refractivity contribution in [3.8, 4) is 0 Å². The maximum absolute atomic E-state index is 14.3. The summed E-state index contributed by atoms with van der Waals surface area (Å²) < 4.78 is 56.2. The zero-order valence-electron chi connectivity index (χ0n) is 21.5. The van der Waals surface area contributed by atoms with Crippen LogP contribution in [0.5, 0.6) is 0 Å². The van der Waals surface area contributed by atoms with E-state index in [0.29, 0.717) is 30.7 Å². The number of nitrogens with zero attached hydrogens (tertiary/aromatic N) is 1. The SMILES string of the molecule is C[C@]12CC(=CN)C(=Nc3ccc(F)cc3)C=C1CC[C@H]1C2=CC[C@@H](C(F)(F)F)[C@@H]1C(=O)Nc1ccc(Cl)c(Cl)c1. The number of aliphatic imine (C=N–C) groups is 1. The van der Waals surface area contributed by atoms with Gasteiger partial charge in [0.15, 0.2) is 0 Å². The van der Waals surface area contributed by atoms with E-state index in [4.69, 9.17) is 28.9 Å². The molecule has 4 atom stereocenters. The molecule has 3 aliphatic rings. The molecule has 0 bridgehead atoms. The van der Waals surface area contributed by atoms with Gasteiger partial charge in [-0.05, 0) is 91.9 Å². The number of anilines is 1. The van der Waals surface area contributed by atoms with E-state index in [-0.39, 0.29) is 28.0 Å². The highest BCUT2D eigenvalue weighted by Crippen LogP contribution is 2.59. The van der Waals surface area contributed by atoms with Crippen LogP contribution in [0.25, 0.3) is 0 Å². The van der Waals surface area contributed by atoms with Gasteiger partial charge in [0.1, 0.15) is 5.82 Å². The zero-order valence-corrected chi connectivity index (χ0v) is 23.0. The van der Waals surface area contributed by atoms with Crippen LogP contribution in [-0.2, 0) is 4.79 Å². The van der Waals surface area contributed by atoms with Gasteiger partial charge >= 0.3 is 6.18 Å². The molecule has 0 unspecified atom stereocenters. The smallest absolute Gasteiger partial charge is 0.392 e. The number of nitrogens with one attached hydrogen (secondary N) is 1. The fraction of sp³-hybridized carbons (Fsp3) is 0.333. The Morgan fingerprint density at radius 3 is 2.52 bits per heavy atom. The van der Waals surface area contributed by atoms with Gasteiger partial charge in [-0.15, -0.1) is 0 Å². The predicted octanol–water partition coefficient (Wildman–Crippen LogP) is 8.56. The molecule has 5 rings (SSSR count). The highest BCUT2D eigenvalue weighted by Gasteiger charge is 2.56. The van der Waals surface area contributed by atoms with Crippen molar-refractivity contribution in [1.82, 2.24) is 0 Å². The van der Waals surface area contributed by atoms with Gasteiger partial charge in [0.2, 0.25) is 5.91 Å². The van der Waals surface area contributed by atoms with Gasteiger partial charge in [0.05, 0.1) is 33.3 Å². The number of carbonyl (C=O) groups is 1. The summed E-state index contributed by atoms with van der Waals surface area (Å²) in [7, 11) is 0. The van der Waals surface area contributed by atoms with Crippen LogP contribution in [0.15, 0.2) is 82.5 Å². The first-order chi connectivity index (χ1) is 18.9. The lowest BCUT2D eigenvalue weighted by molar-refractivity contribution is -0.196. The minimum Gasteiger partial charge on any atom is -0.404 e. The number of amides is 1. The number of rotatable bonds is 3. The maximum Gasteiger partial charge on any atom is 0.392 e. The van der Waals surface area contributed by atoms with Crippen molar-refractivity contribution in [3.05, 3.63) is 93.4 Å². The van der Waals surface area contributed by atoms with Gasteiger partial charge < -0.3 is 11.1 Å². The lowest BCUT2D eigenvalue weighted by Gasteiger charge is -2.51. The quantitative estimate of drug-likeness (QED) is 0.277. The Balaban J connectivity index is 1.51. The van der Waals surface area contributed by atoms with Gasteiger partial charge in [-0.1, -0.05) is 47.3 Å². The number of fused-ring (bicyclic) bond motifs is 3. The van der Waals surface area contributed by atoms with E-state index in [1.54, 1.807) is 18.2 Å². The standard InChI is InChI=1S/C30H27Cl2F4N3O/c1-29-14-16(15-37)26(38-19-5-3-18(33)4-6-19)12-17(29)2-8-21-22(29)9-10-23(30(34,35)36)27(21)28(40)39-20-7-11-24(31)25(32)13-20/h3-7,9,11-13,15,21,23,27H,2,8,10,14,37H2,1H3,(H,39,40)/t21-,23+,27+,29-/m0/s1. The van der Waals surface area contributed by atoms with Crippen LogP contribution >= 0.6 is 23.2 Å². The topological polar surface area (TPSA) is 67.5 Å². The molecular weight excluding hydrogens is 565 g/mol. The Labute approximate surface area is 239 Å². The first-order valence-electron chi connectivity index (χ1n) is 12.9. The van der Waals surface area contributed by atoms with Crippen molar-refractivity contribution in [2.75, 3.05) is 5.32 Å². The van der Waals surface area contributed by atoms with E-state index in [1.165, 1.54) is 36.5 Å². The first kappa shape index (κ1) is 28.4. The Hall–Kier alpha value is -3.10. The molecule has 0 aromatic heterocycles. The molecule has 0 heterocycles. The molecule has 0 saturated heterocycles. The Morgan fingerprint density at radius 2 is 1.88 bits per heavy atom. The third-order valence-corrected chi connectivity index (χ3v) is 9.04. The molecule has 0 aliphatic heterocycles. The molecule has 210 valence electrons. The second kappa shape index (κ2) is 10.7. The number of carbonyl (C=O) groups excluding carboxylic acids is 1. The number of nitrogens with two attached hydrogens (primary N) is 1. The molecule has 10 heteroatoms. The molecule has 3 N–H and O–H groups in total. The highest BCUT2D eigenvalue weighted by molar-refractivity contribution is 6.42. The van der Waals surface area contributed by atoms with Crippen LogP contribution in [-0.4, -0.2) is 17.8 Å². The summed E-state index contributed by atoms with van der Waals surface area (Å²) in [6.45, 7) is 2.00. The van der Waals surface area contributed by atoms with Crippen molar-refractivity contribution in [2.45, 2.75) is 38.8 Å². The first-order valence-corrected chi connectivity index (χ1v) is 13.7. The van der Waals surface area contributed by atoms with Crippen molar-refractivity contribution in [2.24, 2.45) is 33.9 Å². The fourth-order valence-electron chi connectivity index (χ4n) is 6.35. The molecule has 0 radical (unpaired) electrons. The van der Waals surface area contributed by atoms with Gasteiger partial charge in [-0.25, -0.2) is 9.38 Å². The van der Waals surface area contributed by atoms with Crippen LogP contribution in [0.4, 0.5) is 28.9 Å². The summed E-state index contributed by atoms with van der Waals surface area (Å²) in [5, 5.41) is 3.13. The Bertz CT molecular complexity index is 1460. The van der Waals surface area contributed by atoms with Crippen LogP contribution in [0, 0.1) is 29.0 Å². The van der Waals surface area contributed by atoms with Crippen LogP contribution in [0.3, 0.4) is 0 Å². The van der Waals surface area contributed by atoms with E-state index in [2.05, 4.69) is 10.3 Å². The fourth-order valence-corrected chi connectivity index (χ4v) is 6.65. The van der Waals surface area contributed by atoms with Gasteiger partial charge in [0.25, 0.3) is 0 Å². The number of allylic oxidation sites excluding steroid dienone is 5. The second-order valence-corrected chi connectivity index (χ2v) is 11.5. The summed E-state index contributed by atoms with van der Waals surface area (Å²) in [5.41, 5.74) is 9.44. The summed E-state index contributed by atoms with van der Waals surface area (Å²) in [6.07, 6.45) is 1.53.